The molecule has 3 heterocycles. The van der Waals surface area contributed by atoms with Crippen LogP contribution in [-0.2, 0) is 19.1 Å². The van der Waals surface area contributed by atoms with E-state index < -0.39 is 23.9 Å². The van der Waals surface area contributed by atoms with Gasteiger partial charge in [0.25, 0.3) is 11.5 Å². The number of aliphatic carboxylic acids is 1. The largest absolute Gasteiger partial charge is 0.481 e. The minimum absolute atomic E-state index is 0.0431. The molecule has 1 unspecified atom stereocenters. The van der Waals surface area contributed by atoms with Gasteiger partial charge in [0.1, 0.15) is 12.4 Å². The highest BCUT2D eigenvalue weighted by molar-refractivity contribution is 7.07. The Morgan fingerprint density at radius 2 is 1.75 bits per heavy atom. The molecule has 5 rings (SSSR count). The Kier molecular flexibility index (Phi) is 10.7. The van der Waals surface area contributed by atoms with Gasteiger partial charge in [-0.05, 0) is 60.5 Å². The number of hydrogen-bond acceptors (Lipinski definition) is 10. The van der Waals surface area contributed by atoms with Gasteiger partial charge in [-0.1, -0.05) is 47.2 Å². The molecule has 0 saturated carbocycles. The van der Waals surface area contributed by atoms with E-state index in [0.29, 0.717) is 25.6 Å². The second kappa shape index (κ2) is 14.6. The van der Waals surface area contributed by atoms with Crippen molar-refractivity contribution in [2.45, 2.75) is 19.9 Å². The van der Waals surface area contributed by atoms with Gasteiger partial charge >= 0.3 is 11.9 Å². The number of carbonyl (C=O) groups excluding carboxylic acids is 2. The molecule has 0 radical (unpaired) electrons. The van der Waals surface area contributed by atoms with Crippen molar-refractivity contribution < 1.29 is 38.1 Å². The van der Waals surface area contributed by atoms with Gasteiger partial charge in [0, 0.05) is 19.1 Å². The fourth-order valence-electron chi connectivity index (χ4n) is 4.17. The number of allylic oxidation sites excluding steroid dienone is 1. The number of furan rings is 1. The Labute approximate surface area is 259 Å². The number of hydrogen-bond donors (Lipinski definition) is 1. The molecule has 1 aliphatic heterocycles. The first-order valence-electron chi connectivity index (χ1n) is 13.1. The summed E-state index contributed by atoms with van der Waals surface area (Å²) in [6, 6.07) is 15.9. The predicted octanol–water partition coefficient (Wildman–Crippen LogP) is 3.98. The molecule has 2 aromatic carbocycles. The van der Waals surface area contributed by atoms with Crippen molar-refractivity contribution in [3.8, 4) is 5.75 Å². The van der Waals surface area contributed by atoms with Gasteiger partial charge in [-0.2, -0.15) is 0 Å². The van der Waals surface area contributed by atoms with Crippen LogP contribution in [0, 0.1) is 0 Å². The van der Waals surface area contributed by atoms with Crippen molar-refractivity contribution in [2.75, 3.05) is 20.3 Å². The zero-order chi connectivity index (χ0) is 31.8. The van der Waals surface area contributed by atoms with Crippen LogP contribution in [0.25, 0.3) is 6.08 Å². The van der Waals surface area contributed by atoms with Crippen LogP contribution in [0.3, 0.4) is 0 Å². The lowest BCUT2D eigenvalue weighted by molar-refractivity contribution is -0.141. The average molecular weight is 639 g/mol. The third kappa shape index (κ3) is 7.78. The van der Waals surface area contributed by atoms with Crippen LogP contribution in [-0.4, -0.2) is 47.9 Å². The molecule has 0 spiro atoms. The molecule has 1 atom stereocenters. The Morgan fingerprint density at radius 1 is 1.07 bits per heavy atom. The Bertz CT molecular complexity index is 1850. The quantitative estimate of drug-likeness (QED) is 0.172. The van der Waals surface area contributed by atoms with Crippen molar-refractivity contribution in [3.63, 3.8) is 0 Å². The molecular weight excluding hydrogens is 612 g/mol. The van der Waals surface area contributed by atoms with Gasteiger partial charge in [0.15, 0.2) is 4.80 Å². The van der Waals surface area contributed by atoms with E-state index in [4.69, 9.17) is 40.1 Å². The first kappa shape index (κ1) is 32.1. The molecular formula is C31H27ClN2O9S. The van der Waals surface area contributed by atoms with Gasteiger partial charge in [-0.15, -0.1) is 0 Å². The molecule has 2 aromatic heterocycles. The highest BCUT2D eigenvalue weighted by Crippen LogP contribution is 2.31. The standard InChI is InChI=1S/C29H23ClN2O7S.C2H4O2/c1-17-24(28(35)38-15-14-36-2)25(19-7-11-21(12-8-19)39-27(34)22-4-3-13-37-22)32-26(33)23(40-29(32)31-17)16-18-5-9-20(30)10-6-18;1-2(3)4/h3-13,16,25H,14-15H2,1-2H3;1H3,(H,3,4). The van der Waals surface area contributed by atoms with Crippen molar-refractivity contribution >= 4 is 46.9 Å². The lowest BCUT2D eigenvalue weighted by Crippen LogP contribution is -2.40. The topological polar surface area (TPSA) is 147 Å². The van der Waals surface area contributed by atoms with E-state index in [-0.39, 0.29) is 35.9 Å². The second-order valence-electron chi connectivity index (χ2n) is 9.22. The smallest absolute Gasteiger partial charge is 0.379 e. The first-order valence-corrected chi connectivity index (χ1v) is 14.3. The summed E-state index contributed by atoms with van der Waals surface area (Å²) in [6.07, 6.45) is 3.13. The van der Waals surface area contributed by atoms with Gasteiger partial charge in [0.2, 0.25) is 5.76 Å². The van der Waals surface area contributed by atoms with E-state index in [0.717, 1.165) is 12.5 Å². The van der Waals surface area contributed by atoms with E-state index in [1.807, 2.05) is 12.1 Å². The van der Waals surface area contributed by atoms with Crippen LogP contribution in [0.2, 0.25) is 5.02 Å². The van der Waals surface area contributed by atoms with Crippen LogP contribution in [0.1, 0.15) is 41.6 Å². The third-order valence-corrected chi connectivity index (χ3v) is 7.29. The number of ether oxygens (including phenoxy) is 3. The van der Waals surface area contributed by atoms with Crippen LogP contribution in [0.5, 0.6) is 5.75 Å². The molecule has 1 aliphatic rings. The number of thiazole rings is 1. The van der Waals surface area contributed by atoms with Crippen LogP contribution in [0.15, 0.2) is 92.4 Å². The van der Waals surface area contributed by atoms with E-state index in [2.05, 4.69) is 4.99 Å². The average Bonchev–Trinajstić information content (AvgIpc) is 3.63. The Morgan fingerprint density at radius 3 is 2.36 bits per heavy atom. The van der Waals surface area contributed by atoms with E-state index >= 15 is 0 Å². The maximum atomic E-state index is 13.7. The van der Waals surface area contributed by atoms with Gasteiger partial charge in [-0.3, -0.25) is 14.2 Å². The summed E-state index contributed by atoms with van der Waals surface area (Å²) >= 11 is 7.22. The summed E-state index contributed by atoms with van der Waals surface area (Å²) < 4.78 is 22.8. The molecule has 0 saturated heterocycles. The fraction of sp³-hybridized carbons (Fsp3) is 0.194. The van der Waals surface area contributed by atoms with Crippen molar-refractivity contribution in [1.29, 1.82) is 0 Å². The number of methoxy groups -OCH3 is 1. The minimum Gasteiger partial charge on any atom is -0.481 e. The van der Waals surface area contributed by atoms with Gasteiger partial charge in [-0.25, -0.2) is 14.6 Å². The fourth-order valence-corrected chi connectivity index (χ4v) is 5.35. The summed E-state index contributed by atoms with van der Waals surface area (Å²) in [7, 11) is 1.51. The number of rotatable bonds is 8. The molecule has 1 N–H and O–H groups in total. The first-order chi connectivity index (χ1) is 21.1. The number of carboxylic acid groups (broad SMARTS) is 1. The lowest BCUT2D eigenvalue weighted by Gasteiger charge is -2.25. The second-order valence-corrected chi connectivity index (χ2v) is 10.7. The van der Waals surface area contributed by atoms with Crippen LogP contribution in [0.4, 0.5) is 0 Å². The predicted molar refractivity (Wildman–Crippen MR) is 161 cm³/mol. The van der Waals surface area contributed by atoms with Crippen molar-refractivity contribution in [3.05, 3.63) is 120 Å². The number of nitrogens with zero attached hydrogens (tertiary/aromatic N) is 2. The maximum absolute atomic E-state index is 13.7. The van der Waals surface area contributed by atoms with Crippen molar-refractivity contribution in [1.82, 2.24) is 4.57 Å². The van der Waals surface area contributed by atoms with Gasteiger partial charge < -0.3 is 23.7 Å². The number of halogens is 1. The summed E-state index contributed by atoms with van der Waals surface area (Å²) in [4.78, 5) is 53.3. The SMILES string of the molecule is CC(=O)O.COCCOC(=O)C1=C(C)N=c2sc(=Cc3ccc(Cl)cc3)c(=O)n2C1c1ccc(OC(=O)c2ccco2)cc1. The molecule has 44 heavy (non-hydrogen) atoms. The Balaban J connectivity index is 0.00000104. The third-order valence-electron chi connectivity index (χ3n) is 6.06. The van der Waals surface area contributed by atoms with Crippen LogP contribution >= 0.6 is 22.9 Å². The number of esters is 2. The summed E-state index contributed by atoms with van der Waals surface area (Å²) in [6.45, 7) is 3.05. The molecule has 0 bridgehead atoms. The minimum atomic E-state index is -0.833. The number of aromatic nitrogens is 1. The highest BCUT2D eigenvalue weighted by atomic mass is 35.5. The number of benzene rings is 2. The summed E-state index contributed by atoms with van der Waals surface area (Å²) in [5.41, 5.74) is 1.74. The molecule has 228 valence electrons. The number of carbonyl (C=O) groups is 3. The normalized spacial score (nSPS) is 14.2. The van der Waals surface area contributed by atoms with E-state index in [9.17, 15) is 14.4 Å². The lowest BCUT2D eigenvalue weighted by atomic mass is 9.96. The Hall–Kier alpha value is -4.78. The zero-order valence-corrected chi connectivity index (χ0v) is 25.4. The van der Waals surface area contributed by atoms with Crippen molar-refractivity contribution in [2.24, 2.45) is 4.99 Å². The molecule has 0 aliphatic carbocycles. The van der Waals surface area contributed by atoms with Gasteiger partial charge in [0.05, 0.1) is 34.7 Å². The number of carboxylic acids is 1. The highest BCUT2D eigenvalue weighted by Gasteiger charge is 2.33. The van der Waals surface area contributed by atoms with E-state index in [1.165, 1.54) is 35.3 Å². The molecule has 4 aromatic rings. The summed E-state index contributed by atoms with van der Waals surface area (Å²) in [5.74, 6) is -1.75. The van der Waals surface area contributed by atoms with Crippen LogP contribution < -0.4 is 19.6 Å². The number of fused-ring (bicyclic) bond motifs is 1. The maximum Gasteiger partial charge on any atom is 0.379 e. The van der Waals surface area contributed by atoms with E-state index in [1.54, 1.807) is 55.5 Å². The summed E-state index contributed by atoms with van der Waals surface area (Å²) in [5, 5.41) is 8.00. The molecule has 13 heteroatoms. The molecule has 0 amide bonds. The molecule has 11 nitrogen and oxygen atoms in total. The molecule has 0 fully saturated rings. The zero-order valence-electron chi connectivity index (χ0n) is 23.8. The monoisotopic (exact) mass is 638 g/mol.